The number of rotatable bonds is 5. The summed E-state index contributed by atoms with van der Waals surface area (Å²) in [5, 5.41) is 13.1. The Morgan fingerprint density at radius 1 is 1.08 bits per heavy atom. The van der Waals surface area contributed by atoms with Gasteiger partial charge in [-0.15, -0.1) is 0 Å². The molecule has 0 fully saturated rings. The fraction of sp³-hybridized carbons (Fsp3) is 0.133. The topological polar surface area (TPSA) is 117 Å². The van der Waals surface area contributed by atoms with Gasteiger partial charge in [0.25, 0.3) is 5.91 Å². The number of hydrogen-bond donors (Lipinski definition) is 3. The zero-order chi connectivity index (χ0) is 17.2. The van der Waals surface area contributed by atoms with E-state index in [0.29, 0.717) is 28.8 Å². The van der Waals surface area contributed by atoms with Crippen molar-refractivity contribution in [3.63, 3.8) is 0 Å². The molecular weight excluding hydrogens is 330 g/mol. The molecular formula is C15H15N5O3S. The normalized spacial score (nSPS) is 11.5. The predicted molar refractivity (Wildman–Crippen MR) is 89.1 cm³/mol. The summed E-state index contributed by atoms with van der Waals surface area (Å²) in [4.78, 5) is 12.4. The summed E-state index contributed by atoms with van der Waals surface area (Å²) in [6, 6.07) is 10.9. The van der Waals surface area contributed by atoms with Crippen molar-refractivity contribution in [3.8, 4) is 0 Å². The maximum absolute atomic E-state index is 12.3. The van der Waals surface area contributed by atoms with Gasteiger partial charge >= 0.3 is 0 Å². The van der Waals surface area contributed by atoms with E-state index < -0.39 is 10.0 Å². The molecule has 0 radical (unpaired) electrons. The minimum atomic E-state index is -3.51. The first-order valence-electron chi connectivity index (χ1n) is 7.21. The second kappa shape index (κ2) is 6.38. The van der Waals surface area contributed by atoms with Crippen LogP contribution in [0.1, 0.15) is 17.3 Å². The number of H-pyrrole nitrogens is 1. The van der Waals surface area contributed by atoms with Gasteiger partial charge in [-0.2, -0.15) is 15.4 Å². The largest absolute Gasteiger partial charge is 0.322 e. The predicted octanol–water partition coefficient (Wildman–Crippen LogP) is 1.51. The second-order valence-corrected chi connectivity index (χ2v) is 6.77. The maximum Gasteiger partial charge on any atom is 0.255 e. The van der Waals surface area contributed by atoms with Gasteiger partial charge in [-0.1, -0.05) is 6.92 Å². The molecule has 1 aromatic heterocycles. The molecule has 3 N–H and O–H groups in total. The smallest absolute Gasteiger partial charge is 0.255 e. The Bertz CT molecular complexity index is 980. The Kier molecular flexibility index (Phi) is 4.28. The zero-order valence-electron chi connectivity index (χ0n) is 12.8. The van der Waals surface area contributed by atoms with Gasteiger partial charge in [0, 0.05) is 17.8 Å². The molecule has 0 aliphatic heterocycles. The fourth-order valence-electron chi connectivity index (χ4n) is 2.18. The molecule has 0 spiro atoms. The molecule has 0 saturated carbocycles. The monoisotopic (exact) mass is 345 g/mol. The van der Waals surface area contributed by atoms with Gasteiger partial charge in [0.05, 0.1) is 4.90 Å². The van der Waals surface area contributed by atoms with Gasteiger partial charge in [-0.3, -0.25) is 4.79 Å². The van der Waals surface area contributed by atoms with Crippen LogP contribution >= 0.6 is 0 Å². The third-order valence-electron chi connectivity index (χ3n) is 3.34. The average molecular weight is 345 g/mol. The molecule has 24 heavy (non-hydrogen) atoms. The van der Waals surface area contributed by atoms with Gasteiger partial charge in [-0.05, 0) is 42.5 Å². The second-order valence-electron chi connectivity index (χ2n) is 5.01. The number of hydrogen-bond acceptors (Lipinski definition) is 5. The van der Waals surface area contributed by atoms with E-state index in [9.17, 15) is 13.2 Å². The molecule has 3 aromatic rings. The lowest BCUT2D eigenvalue weighted by Crippen LogP contribution is -2.23. The van der Waals surface area contributed by atoms with E-state index in [0.717, 1.165) is 0 Å². The number of fused-ring (bicyclic) bond motifs is 1. The minimum Gasteiger partial charge on any atom is -0.322 e. The van der Waals surface area contributed by atoms with Crippen LogP contribution in [0.15, 0.2) is 47.4 Å². The van der Waals surface area contributed by atoms with Crippen molar-refractivity contribution in [3.05, 3.63) is 48.0 Å². The number of anilines is 1. The lowest BCUT2D eigenvalue weighted by atomic mass is 10.2. The van der Waals surface area contributed by atoms with Crippen LogP contribution < -0.4 is 10.0 Å². The van der Waals surface area contributed by atoms with E-state index in [1.807, 2.05) is 0 Å². The van der Waals surface area contributed by atoms with E-state index in [-0.39, 0.29) is 10.8 Å². The van der Waals surface area contributed by atoms with Crippen molar-refractivity contribution in [2.45, 2.75) is 11.8 Å². The number of nitrogens with one attached hydrogen (secondary N) is 3. The molecule has 2 aromatic carbocycles. The zero-order valence-corrected chi connectivity index (χ0v) is 13.6. The summed E-state index contributed by atoms with van der Waals surface area (Å²) >= 11 is 0. The van der Waals surface area contributed by atoms with E-state index in [1.54, 1.807) is 25.1 Å². The molecule has 9 heteroatoms. The van der Waals surface area contributed by atoms with Crippen LogP contribution in [-0.4, -0.2) is 36.3 Å². The standard InChI is InChI=1S/C15H15N5O3S/c1-2-16-24(22,23)12-6-4-11(5-7-12)17-15(21)10-3-8-13-14(9-10)19-20-18-13/h3-9,16H,2H2,1H3,(H,17,21)(H,18,19,20). The summed E-state index contributed by atoms with van der Waals surface area (Å²) in [6.07, 6.45) is 0. The Labute approximate surface area is 138 Å². The Morgan fingerprint density at radius 2 is 1.79 bits per heavy atom. The maximum atomic E-state index is 12.3. The highest BCUT2D eigenvalue weighted by atomic mass is 32.2. The van der Waals surface area contributed by atoms with Crippen LogP contribution in [0.3, 0.4) is 0 Å². The molecule has 1 amide bonds. The first-order valence-corrected chi connectivity index (χ1v) is 8.69. The number of carbonyl (C=O) groups excluding carboxylic acids is 1. The first-order chi connectivity index (χ1) is 11.5. The lowest BCUT2D eigenvalue weighted by molar-refractivity contribution is 0.102. The molecule has 0 aliphatic carbocycles. The number of sulfonamides is 1. The highest BCUT2D eigenvalue weighted by Gasteiger charge is 2.13. The third-order valence-corrected chi connectivity index (χ3v) is 4.90. The minimum absolute atomic E-state index is 0.145. The van der Waals surface area contributed by atoms with Gasteiger partial charge in [-0.25, -0.2) is 13.1 Å². The quantitative estimate of drug-likeness (QED) is 0.648. The van der Waals surface area contributed by atoms with Crippen molar-refractivity contribution in [1.82, 2.24) is 20.1 Å². The number of carbonyl (C=O) groups is 1. The summed E-state index contributed by atoms with van der Waals surface area (Å²) in [7, 11) is -3.51. The Hall–Kier alpha value is -2.78. The van der Waals surface area contributed by atoms with Crippen molar-refractivity contribution < 1.29 is 13.2 Å². The summed E-state index contributed by atoms with van der Waals surface area (Å²) in [5.74, 6) is -0.317. The fourth-order valence-corrected chi connectivity index (χ4v) is 3.22. The van der Waals surface area contributed by atoms with E-state index in [1.165, 1.54) is 24.3 Å². The number of amides is 1. The molecule has 1 heterocycles. The van der Waals surface area contributed by atoms with Gasteiger partial charge in [0.1, 0.15) is 11.0 Å². The van der Waals surface area contributed by atoms with Crippen LogP contribution in [0.2, 0.25) is 0 Å². The molecule has 124 valence electrons. The molecule has 3 rings (SSSR count). The van der Waals surface area contributed by atoms with Crippen LogP contribution in [0, 0.1) is 0 Å². The van der Waals surface area contributed by atoms with Gasteiger partial charge in [0.2, 0.25) is 10.0 Å². The summed E-state index contributed by atoms with van der Waals surface area (Å²) < 4.78 is 26.2. The van der Waals surface area contributed by atoms with Crippen LogP contribution in [0.4, 0.5) is 5.69 Å². The summed E-state index contributed by atoms with van der Waals surface area (Å²) in [6.45, 7) is 2.02. The van der Waals surface area contributed by atoms with Crippen molar-refractivity contribution in [2.24, 2.45) is 0 Å². The Morgan fingerprint density at radius 3 is 2.50 bits per heavy atom. The Balaban J connectivity index is 1.77. The number of aromatic nitrogens is 3. The first kappa shape index (κ1) is 16.1. The van der Waals surface area contributed by atoms with Crippen LogP contribution in [-0.2, 0) is 10.0 Å². The third kappa shape index (κ3) is 3.26. The number of nitrogens with zero attached hydrogens (tertiary/aromatic N) is 2. The van der Waals surface area contributed by atoms with E-state index in [2.05, 4.69) is 25.4 Å². The van der Waals surface area contributed by atoms with Crippen LogP contribution in [0.5, 0.6) is 0 Å². The van der Waals surface area contributed by atoms with Crippen LogP contribution in [0.25, 0.3) is 11.0 Å². The number of benzene rings is 2. The SMILES string of the molecule is CCNS(=O)(=O)c1ccc(NC(=O)c2ccc3n[nH]nc3c2)cc1. The lowest BCUT2D eigenvalue weighted by Gasteiger charge is -2.07. The summed E-state index contributed by atoms with van der Waals surface area (Å²) in [5.41, 5.74) is 2.19. The molecule has 0 bridgehead atoms. The van der Waals surface area contributed by atoms with Gasteiger partial charge in [0.15, 0.2) is 0 Å². The molecule has 0 unspecified atom stereocenters. The molecule has 0 saturated heterocycles. The molecule has 8 nitrogen and oxygen atoms in total. The van der Waals surface area contributed by atoms with Crippen molar-refractivity contribution >= 4 is 32.7 Å². The highest BCUT2D eigenvalue weighted by molar-refractivity contribution is 7.89. The van der Waals surface area contributed by atoms with Crippen molar-refractivity contribution in [1.29, 1.82) is 0 Å². The molecule has 0 atom stereocenters. The van der Waals surface area contributed by atoms with E-state index >= 15 is 0 Å². The van der Waals surface area contributed by atoms with E-state index in [4.69, 9.17) is 0 Å². The van der Waals surface area contributed by atoms with Gasteiger partial charge < -0.3 is 5.32 Å². The highest BCUT2D eigenvalue weighted by Crippen LogP contribution is 2.16. The number of aromatic amines is 1. The average Bonchev–Trinajstić information content (AvgIpc) is 3.03. The molecule has 0 aliphatic rings. The van der Waals surface area contributed by atoms with Crippen molar-refractivity contribution in [2.75, 3.05) is 11.9 Å².